The van der Waals surface area contributed by atoms with Crippen LogP contribution >= 0.6 is 0 Å². The van der Waals surface area contributed by atoms with Crippen molar-refractivity contribution in [1.82, 2.24) is 10.2 Å². The van der Waals surface area contributed by atoms with Gasteiger partial charge in [-0.15, -0.1) is 6.42 Å². The van der Waals surface area contributed by atoms with Gasteiger partial charge in [-0.1, -0.05) is 54.5 Å². The first kappa shape index (κ1) is 17.5. The Balaban J connectivity index is 1.79. The Morgan fingerprint density at radius 2 is 1.92 bits per heavy atom. The maximum absolute atomic E-state index is 5.62. The zero-order chi connectivity index (χ0) is 17.5. The number of terminal acetylenes is 1. The maximum Gasteiger partial charge on any atom is 0.123 e. The number of ether oxygens (including phenoxy) is 1. The van der Waals surface area contributed by atoms with Gasteiger partial charge in [0, 0.05) is 18.2 Å². The summed E-state index contributed by atoms with van der Waals surface area (Å²) in [5.74, 6) is 3.76. The number of methoxy groups -OCH3 is 1. The van der Waals surface area contributed by atoms with E-state index >= 15 is 0 Å². The Morgan fingerprint density at radius 1 is 1.16 bits per heavy atom. The minimum absolute atomic E-state index is 0.306. The molecule has 0 spiro atoms. The molecule has 3 heteroatoms. The van der Waals surface area contributed by atoms with E-state index in [1.165, 1.54) is 11.1 Å². The zero-order valence-corrected chi connectivity index (χ0v) is 14.8. The van der Waals surface area contributed by atoms with E-state index in [1.807, 2.05) is 12.1 Å². The summed E-state index contributed by atoms with van der Waals surface area (Å²) in [7, 11) is 1.72. The Labute approximate surface area is 151 Å². The highest BCUT2D eigenvalue weighted by atomic mass is 16.5. The lowest BCUT2D eigenvalue weighted by molar-refractivity contribution is 0.126. The number of likely N-dealkylation sites (tertiary alicyclic amines) is 1. The van der Waals surface area contributed by atoms with E-state index in [9.17, 15) is 0 Å². The van der Waals surface area contributed by atoms with Crippen LogP contribution in [0.2, 0.25) is 0 Å². The number of hydrogen-bond acceptors (Lipinski definition) is 3. The highest BCUT2D eigenvalue weighted by Crippen LogP contribution is 2.31. The Morgan fingerprint density at radius 3 is 2.68 bits per heavy atom. The zero-order valence-electron chi connectivity index (χ0n) is 14.8. The number of rotatable bonds is 6. The van der Waals surface area contributed by atoms with Gasteiger partial charge in [-0.3, -0.25) is 4.90 Å². The summed E-state index contributed by atoms with van der Waals surface area (Å²) in [6.07, 6.45) is 7.93. The van der Waals surface area contributed by atoms with Gasteiger partial charge in [0.05, 0.1) is 19.7 Å². The van der Waals surface area contributed by atoms with Crippen LogP contribution in [0.25, 0.3) is 0 Å². The van der Waals surface area contributed by atoms with Crippen molar-refractivity contribution in [1.29, 1.82) is 0 Å². The fourth-order valence-electron chi connectivity index (χ4n) is 3.76. The molecule has 0 aromatic heterocycles. The quantitative estimate of drug-likeness (QED) is 0.817. The van der Waals surface area contributed by atoms with Crippen LogP contribution in [0.15, 0.2) is 54.6 Å². The smallest absolute Gasteiger partial charge is 0.123 e. The molecule has 3 nitrogen and oxygen atoms in total. The van der Waals surface area contributed by atoms with Crippen LogP contribution in [0.1, 0.15) is 30.0 Å². The fourth-order valence-corrected chi connectivity index (χ4v) is 3.76. The molecule has 0 bridgehead atoms. The van der Waals surface area contributed by atoms with Crippen molar-refractivity contribution in [2.75, 3.05) is 20.2 Å². The van der Waals surface area contributed by atoms with Gasteiger partial charge in [0.15, 0.2) is 0 Å². The third-order valence-corrected chi connectivity index (χ3v) is 4.92. The lowest BCUT2D eigenvalue weighted by Gasteiger charge is -2.41. The Bertz CT molecular complexity index is 707. The van der Waals surface area contributed by atoms with Crippen molar-refractivity contribution in [2.24, 2.45) is 0 Å². The van der Waals surface area contributed by atoms with E-state index in [0.29, 0.717) is 18.6 Å². The van der Waals surface area contributed by atoms with Gasteiger partial charge in [0.2, 0.25) is 0 Å². The van der Waals surface area contributed by atoms with E-state index in [1.54, 1.807) is 7.11 Å². The van der Waals surface area contributed by atoms with Crippen molar-refractivity contribution in [3.63, 3.8) is 0 Å². The van der Waals surface area contributed by atoms with Crippen molar-refractivity contribution in [3.05, 3.63) is 65.7 Å². The average Bonchev–Trinajstić information content (AvgIpc) is 2.67. The molecule has 25 heavy (non-hydrogen) atoms. The van der Waals surface area contributed by atoms with Gasteiger partial charge in [-0.2, -0.15) is 0 Å². The predicted octanol–water partition coefficient (Wildman–Crippen LogP) is 3.62. The van der Waals surface area contributed by atoms with E-state index in [2.05, 4.69) is 58.6 Å². The lowest BCUT2D eigenvalue weighted by atomic mass is 9.90. The summed E-state index contributed by atoms with van der Waals surface area (Å²) in [5.41, 5.74) is 2.51. The number of piperidine rings is 1. The van der Waals surface area contributed by atoms with Crippen molar-refractivity contribution in [3.8, 4) is 18.1 Å². The van der Waals surface area contributed by atoms with E-state index < -0.39 is 0 Å². The standard InChI is InChI=1S/C22H26N2O/c1-3-15-24-16-9-13-20(22(24)18-10-5-4-6-11-18)23-17-19-12-7-8-14-21(19)25-2/h1,4-8,10-12,14,20,22-23H,9,13,15-17H2,2H3. The molecule has 0 saturated carbocycles. The molecular formula is C22H26N2O. The molecule has 3 rings (SSSR count). The molecule has 130 valence electrons. The normalized spacial score (nSPS) is 20.8. The van der Waals surface area contributed by atoms with Crippen LogP contribution in [0.4, 0.5) is 0 Å². The summed E-state index contributed by atoms with van der Waals surface area (Å²) < 4.78 is 5.48. The molecule has 2 unspecified atom stereocenters. The Hall–Kier alpha value is -2.28. The van der Waals surface area contributed by atoms with Gasteiger partial charge >= 0.3 is 0 Å². The van der Waals surface area contributed by atoms with Gasteiger partial charge in [0.1, 0.15) is 5.75 Å². The van der Waals surface area contributed by atoms with Crippen molar-refractivity contribution in [2.45, 2.75) is 31.5 Å². The number of para-hydroxylation sites is 1. The highest BCUT2D eigenvalue weighted by Gasteiger charge is 2.31. The predicted molar refractivity (Wildman–Crippen MR) is 102 cm³/mol. The molecule has 2 aromatic rings. The molecule has 1 aliphatic heterocycles. The largest absolute Gasteiger partial charge is 0.496 e. The summed E-state index contributed by atoms with van der Waals surface area (Å²) >= 11 is 0. The van der Waals surface area contributed by atoms with Crippen LogP contribution < -0.4 is 10.1 Å². The molecule has 1 saturated heterocycles. The number of hydrogen-bond donors (Lipinski definition) is 1. The average molecular weight is 334 g/mol. The fraction of sp³-hybridized carbons (Fsp3) is 0.364. The molecular weight excluding hydrogens is 308 g/mol. The monoisotopic (exact) mass is 334 g/mol. The van der Waals surface area contributed by atoms with Crippen LogP contribution in [-0.2, 0) is 6.54 Å². The molecule has 1 heterocycles. The molecule has 1 aliphatic rings. The highest BCUT2D eigenvalue weighted by molar-refractivity contribution is 5.33. The van der Waals surface area contributed by atoms with E-state index in [0.717, 1.165) is 31.7 Å². The third kappa shape index (κ3) is 4.22. The molecule has 0 amide bonds. The van der Waals surface area contributed by atoms with Crippen molar-refractivity contribution >= 4 is 0 Å². The van der Waals surface area contributed by atoms with Gasteiger partial charge in [0.25, 0.3) is 0 Å². The van der Waals surface area contributed by atoms with Crippen LogP contribution in [-0.4, -0.2) is 31.1 Å². The minimum atomic E-state index is 0.306. The maximum atomic E-state index is 5.62. The van der Waals surface area contributed by atoms with Gasteiger partial charge < -0.3 is 10.1 Å². The second kappa shape index (κ2) is 8.71. The van der Waals surface area contributed by atoms with Gasteiger partial charge in [-0.25, -0.2) is 0 Å². The summed E-state index contributed by atoms with van der Waals surface area (Å²) in [5, 5.41) is 3.76. The first-order valence-electron chi connectivity index (χ1n) is 8.91. The summed E-state index contributed by atoms with van der Waals surface area (Å²) in [4.78, 5) is 2.42. The SMILES string of the molecule is C#CCN1CCCC(NCc2ccccc2OC)C1c1ccccc1. The first-order chi connectivity index (χ1) is 12.3. The molecule has 1 N–H and O–H groups in total. The van der Waals surface area contributed by atoms with E-state index in [-0.39, 0.29) is 0 Å². The summed E-state index contributed by atoms with van der Waals surface area (Å²) in [6.45, 7) is 2.53. The van der Waals surface area contributed by atoms with Gasteiger partial charge in [-0.05, 0) is 31.0 Å². The molecule has 1 fully saturated rings. The molecule has 2 atom stereocenters. The lowest BCUT2D eigenvalue weighted by Crippen LogP contribution is -2.48. The number of nitrogens with zero attached hydrogens (tertiary/aromatic N) is 1. The molecule has 2 aromatic carbocycles. The van der Waals surface area contributed by atoms with Crippen LogP contribution in [0, 0.1) is 12.3 Å². The second-order valence-electron chi connectivity index (χ2n) is 6.47. The van der Waals surface area contributed by atoms with Crippen molar-refractivity contribution < 1.29 is 4.74 Å². The van der Waals surface area contributed by atoms with Crippen LogP contribution in [0.5, 0.6) is 5.75 Å². The number of benzene rings is 2. The van der Waals surface area contributed by atoms with Crippen LogP contribution in [0.3, 0.4) is 0 Å². The summed E-state index contributed by atoms with van der Waals surface area (Å²) in [6, 6.07) is 19.6. The molecule has 0 radical (unpaired) electrons. The minimum Gasteiger partial charge on any atom is -0.496 e. The first-order valence-corrected chi connectivity index (χ1v) is 8.91. The van der Waals surface area contributed by atoms with E-state index in [4.69, 9.17) is 11.2 Å². The topological polar surface area (TPSA) is 24.5 Å². The molecule has 0 aliphatic carbocycles. The second-order valence-corrected chi connectivity index (χ2v) is 6.47. The third-order valence-electron chi connectivity index (χ3n) is 4.92. The number of nitrogens with one attached hydrogen (secondary N) is 1. The Kier molecular flexibility index (Phi) is 6.11.